The maximum atomic E-state index is 13.2. The van der Waals surface area contributed by atoms with E-state index in [1.54, 1.807) is 61.5 Å². The molecule has 1 aliphatic carbocycles. The summed E-state index contributed by atoms with van der Waals surface area (Å²) in [5.41, 5.74) is -1.32. The molecular weight excluding hydrogens is 538 g/mol. The van der Waals surface area contributed by atoms with Crippen LogP contribution in [-0.4, -0.2) is 28.3 Å². The molecule has 0 saturated heterocycles. The second-order valence-corrected chi connectivity index (χ2v) is 9.20. The average Bonchev–Trinajstić information content (AvgIpc) is 2.88. The van der Waals surface area contributed by atoms with Crippen molar-refractivity contribution >= 4 is 17.5 Å². The van der Waals surface area contributed by atoms with E-state index in [2.05, 4.69) is 0 Å². The molecular formula is C30H24F6O4. The number of aromatic carboxylic acids is 1. The summed E-state index contributed by atoms with van der Waals surface area (Å²) >= 11 is 0. The van der Waals surface area contributed by atoms with Crippen LogP contribution in [-0.2, 0) is 11.0 Å². The summed E-state index contributed by atoms with van der Waals surface area (Å²) in [7, 11) is 0. The number of allylic oxidation sites excluding steroid dienone is 3. The summed E-state index contributed by atoms with van der Waals surface area (Å²) in [5.74, 6) is -3.46. The zero-order chi connectivity index (χ0) is 29.9. The molecule has 1 aliphatic rings. The summed E-state index contributed by atoms with van der Waals surface area (Å²) in [4.78, 5) is 22.2. The molecule has 0 amide bonds. The Morgan fingerprint density at radius 3 is 1.93 bits per heavy atom. The van der Waals surface area contributed by atoms with Crippen LogP contribution in [0.15, 0.2) is 85.0 Å². The van der Waals surface area contributed by atoms with Crippen LogP contribution in [0, 0.1) is 19.3 Å². The van der Waals surface area contributed by atoms with Crippen molar-refractivity contribution in [3.63, 3.8) is 0 Å². The van der Waals surface area contributed by atoms with E-state index in [1.165, 1.54) is 19.1 Å². The molecule has 0 bridgehead atoms. The number of rotatable bonds is 4. The number of aryl methyl sites for hydroxylation is 2. The Balaban J connectivity index is 0.000000220. The van der Waals surface area contributed by atoms with Gasteiger partial charge in [0.25, 0.3) is 0 Å². The first kappa shape index (κ1) is 30.2. The van der Waals surface area contributed by atoms with Gasteiger partial charge < -0.3 is 10.2 Å². The number of alkyl halides is 6. The van der Waals surface area contributed by atoms with Crippen LogP contribution < -0.4 is 0 Å². The fourth-order valence-electron chi connectivity index (χ4n) is 4.38. The van der Waals surface area contributed by atoms with Crippen molar-refractivity contribution in [3.8, 4) is 11.1 Å². The highest BCUT2D eigenvalue weighted by Gasteiger charge is 2.59. The van der Waals surface area contributed by atoms with E-state index in [1.807, 2.05) is 0 Å². The molecule has 0 aliphatic heterocycles. The van der Waals surface area contributed by atoms with Gasteiger partial charge in [-0.2, -0.15) is 26.3 Å². The van der Waals surface area contributed by atoms with Gasteiger partial charge in [-0.25, -0.2) is 4.79 Å². The lowest BCUT2D eigenvalue weighted by Gasteiger charge is -2.32. The average molecular weight is 563 g/mol. The van der Waals surface area contributed by atoms with E-state index >= 15 is 0 Å². The number of carboxylic acids is 2. The summed E-state index contributed by atoms with van der Waals surface area (Å²) in [6.07, 6.45) is -6.68. The lowest BCUT2D eigenvalue weighted by Crippen LogP contribution is -2.44. The van der Waals surface area contributed by atoms with E-state index in [0.717, 1.165) is 23.8 Å². The number of carboxylic acid groups (broad SMARTS) is 2. The van der Waals surface area contributed by atoms with Gasteiger partial charge in [-0.05, 0) is 59.4 Å². The number of benzene rings is 3. The fraction of sp³-hybridized carbons (Fsp3) is 0.200. The van der Waals surface area contributed by atoms with Crippen LogP contribution in [0.2, 0.25) is 0 Å². The highest BCUT2D eigenvalue weighted by Crippen LogP contribution is 2.48. The van der Waals surface area contributed by atoms with Crippen LogP contribution >= 0.6 is 0 Å². The molecule has 0 fully saturated rings. The van der Waals surface area contributed by atoms with Gasteiger partial charge in [-0.15, -0.1) is 0 Å². The molecule has 10 heteroatoms. The van der Waals surface area contributed by atoms with E-state index in [4.69, 9.17) is 10.2 Å². The minimum Gasteiger partial charge on any atom is -0.480 e. The van der Waals surface area contributed by atoms with Crippen LogP contribution in [0.25, 0.3) is 16.7 Å². The van der Waals surface area contributed by atoms with Gasteiger partial charge in [0.05, 0.1) is 11.1 Å². The van der Waals surface area contributed by atoms with Gasteiger partial charge >= 0.3 is 24.3 Å². The van der Waals surface area contributed by atoms with Gasteiger partial charge in [-0.1, -0.05) is 72.8 Å². The predicted octanol–water partition coefficient (Wildman–Crippen LogP) is 8.35. The Bertz CT molecular complexity index is 1470. The predicted molar refractivity (Wildman–Crippen MR) is 138 cm³/mol. The largest absolute Gasteiger partial charge is 0.480 e. The molecule has 0 spiro atoms. The van der Waals surface area contributed by atoms with Gasteiger partial charge in [-0.3, -0.25) is 4.79 Å². The Labute approximate surface area is 225 Å². The zero-order valence-corrected chi connectivity index (χ0v) is 21.3. The zero-order valence-electron chi connectivity index (χ0n) is 21.3. The quantitative estimate of drug-likeness (QED) is 0.314. The minimum atomic E-state index is -4.84. The molecule has 4 rings (SSSR count). The first-order valence-corrected chi connectivity index (χ1v) is 11.8. The third kappa shape index (κ3) is 6.27. The molecule has 3 aromatic rings. The maximum absolute atomic E-state index is 13.2. The smallest absolute Gasteiger partial charge is 0.417 e. The van der Waals surface area contributed by atoms with E-state index in [-0.39, 0.29) is 0 Å². The number of hydrogen-bond donors (Lipinski definition) is 2. The van der Waals surface area contributed by atoms with Crippen LogP contribution in [0.4, 0.5) is 26.3 Å². The Hall–Kier alpha value is -4.34. The van der Waals surface area contributed by atoms with Gasteiger partial charge in [0.1, 0.15) is 0 Å². The van der Waals surface area contributed by atoms with Crippen molar-refractivity contribution in [1.29, 1.82) is 0 Å². The summed E-state index contributed by atoms with van der Waals surface area (Å²) < 4.78 is 78.1. The third-order valence-electron chi connectivity index (χ3n) is 6.51. The van der Waals surface area contributed by atoms with Gasteiger partial charge in [0.2, 0.25) is 0 Å². The first-order chi connectivity index (χ1) is 18.6. The lowest BCUT2D eigenvalue weighted by atomic mass is 9.75. The number of halogens is 6. The van der Waals surface area contributed by atoms with Gasteiger partial charge in [0, 0.05) is 6.42 Å². The minimum absolute atomic E-state index is 0.380. The molecule has 4 nitrogen and oxygen atoms in total. The van der Waals surface area contributed by atoms with Crippen LogP contribution in [0.5, 0.6) is 0 Å². The molecule has 210 valence electrons. The molecule has 0 saturated carbocycles. The van der Waals surface area contributed by atoms with E-state index in [0.29, 0.717) is 27.8 Å². The van der Waals surface area contributed by atoms with Crippen molar-refractivity contribution < 1.29 is 46.1 Å². The van der Waals surface area contributed by atoms with Crippen molar-refractivity contribution in [3.05, 3.63) is 113 Å². The normalized spacial score (nSPS) is 16.9. The van der Waals surface area contributed by atoms with Crippen molar-refractivity contribution in [2.75, 3.05) is 0 Å². The topological polar surface area (TPSA) is 74.6 Å². The highest BCUT2D eigenvalue weighted by molar-refractivity contribution is 5.92. The molecule has 0 aromatic heterocycles. The second kappa shape index (κ2) is 11.4. The maximum Gasteiger partial charge on any atom is 0.417 e. The summed E-state index contributed by atoms with van der Waals surface area (Å²) in [6.45, 7) is 3.31. The number of carbonyl (C=O) groups is 2. The molecule has 0 heterocycles. The number of hydrogen-bond acceptors (Lipinski definition) is 2. The van der Waals surface area contributed by atoms with Crippen molar-refractivity contribution in [2.45, 2.75) is 32.6 Å². The van der Waals surface area contributed by atoms with Crippen LogP contribution in [0.3, 0.4) is 0 Å². The Kier molecular flexibility index (Phi) is 8.62. The first-order valence-electron chi connectivity index (χ1n) is 11.8. The van der Waals surface area contributed by atoms with E-state index in [9.17, 15) is 35.9 Å². The molecule has 0 radical (unpaired) electrons. The molecule has 2 N–H and O–H groups in total. The molecule has 40 heavy (non-hydrogen) atoms. The Morgan fingerprint density at radius 2 is 1.40 bits per heavy atom. The monoisotopic (exact) mass is 562 g/mol. The third-order valence-corrected chi connectivity index (χ3v) is 6.51. The van der Waals surface area contributed by atoms with E-state index < -0.39 is 47.3 Å². The SMILES string of the molecule is Cc1cc(C(F)(F)F)c(C(=O)O)cc1-c1ccccc1.Cc1ccccc1C1=CC=CC(C(=O)O)(C(F)(F)F)C1. The Morgan fingerprint density at radius 1 is 0.800 bits per heavy atom. The number of aliphatic carboxylic acids is 1. The second-order valence-electron chi connectivity index (χ2n) is 9.20. The molecule has 3 aromatic carbocycles. The summed E-state index contributed by atoms with van der Waals surface area (Å²) in [6, 6.07) is 17.7. The summed E-state index contributed by atoms with van der Waals surface area (Å²) in [5, 5.41) is 18.1. The fourth-order valence-corrected chi connectivity index (χ4v) is 4.38. The van der Waals surface area contributed by atoms with Crippen LogP contribution in [0.1, 0.15) is 39.0 Å². The molecule has 1 unspecified atom stereocenters. The van der Waals surface area contributed by atoms with Gasteiger partial charge in [0.15, 0.2) is 5.41 Å². The van der Waals surface area contributed by atoms with Crippen molar-refractivity contribution in [2.24, 2.45) is 5.41 Å². The standard InChI is InChI=1S/C15H13F3O2.C15H11F3O2/c1-10-5-2-3-7-12(10)11-6-4-8-14(9-11,13(19)20)15(16,17)18;1-9-7-13(15(16,17)18)12(14(19)20)8-11(9)10-5-3-2-4-6-10/h2-8H,9H2,1H3,(H,19,20);2-8H,1H3,(H,19,20). The lowest BCUT2D eigenvalue weighted by molar-refractivity contribution is -0.216. The van der Waals surface area contributed by atoms with Crippen molar-refractivity contribution in [1.82, 2.24) is 0 Å². The highest BCUT2D eigenvalue weighted by atomic mass is 19.4. The molecule has 1 atom stereocenters.